The maximum absolute atomic E-state index is 9.80. The minimum absolute atomic E-state index is 0.332. The third-order valence-corrected chi connectivity index (χ3v) is 3.10. The summed E-state index contributed by atoms with van der Waals surface area (Å²) in [7, 11) is 0. The van der Waals surface area contributed by atoms with Crippen molar-refractivity contribution >= 4 is 15.9 Å². The highest BCUT2D eigenvalue weighted by Gasteiger charge is 2.16. The van der Waals surface area contributed by atoms with Gasteiger partial charge in [0.1, 0.15) is 18.8 Å². The first kappa shape index (κ1) is 12.2. The Balaban J connectivity index is 2.18. The number of aromatic nitrogens is 3. The zero-order valence-electron chi connectivity index (χ0n) is 8.94. The number of hydrogen-bond donors (Lipinski definition) is 2. The van der Waals surface area contributed by atoms with Gasteiger partial charge in [-0.25, -0.2) is 9.67 Å². The molecular formula is C11H12BrN3O2. The van der Waals surface area contributed by atoms with Crippen LogP contribution in [0.5, 0.6) is 0 Å². The lowest BCUT2D eigenvalue weighted by Gasteiger charge is -2.16. The predicted octanol–water partition coefficient (Wildman–Crippen LogP) is 1.06. The molecule has 0 amide bonds. The molecule has 5 nitrogen and oxygen atoms in total. The van der Waals surface area contributed by atoms with E-state index >= 15 is 0 Å². The van der Waals surface area contributed by atoms with E-state index in [1.165, 1.54) is 6.33 Å². The number of nitrogens with zero attached hydrogens (tertiary/aromatic N) is 3. The molecule has 2 N–H and O–H groups in total. The summed E-state index contributed by atoms with van der Waals surface area (Å²) in [6.45, 7) is 0. The number of hydrogen-bond acceptors (Lipinski definition) is 4. The van der Waals surface area contributed by atoms with E-state index in [4.69, 9.17) is 0 Å². The van der Waals surface area contributed by atoms with Crippen LogP contribution in [-0.2, 0) is 0 Å². The van der Waals surface area contributed by atoms with E-state index in [1.54, 1.807) is 23.1 Å². The first-order valence-electron chi connectivity index (χ1n) is 5.09. The molecule has 0 saturated carbocycles. The summed E-state index contributed by atoms with van der Waals surface area (Å²) in [4.78, 5) is 3.85. The van der Waals surface area contributed by atoms with Crippen molar-refractivity contribution in [1.82, 2.24) is 14.8 Å². The fourth-order valence-electron chi connectivity index (χ4n) is 1.47. The van der Waals surface area contributed by atoms with E-state index in [0.717, 1.165) is 5.69 Å². The van der Waals surface area contributed by atoms with Crippen LogP contribution in [-0.4, -0.2) is 36.4 Å². The lowest BCUT2D eigenvalue weighted by molar-refractivity contribution is 0.0343. The molecule has 0 fully saturated rings. The van der Waals surface area contributed by atoms with Gasteiger partial charge in [0.15, 0.2) is 0 Å². The Morgan fingerprint density at radius 1 is 1.24 bits per heavy atom. The van der Waals surface area contributed by atoms with E-state index in [2.05, 4.69) is 26.0 Å². The number of aliphatic hydroxyl groups is 2. The zero-order valence-corrected chi connectivity index (χ0v) is 10.5. The van der Waals surface area contributed by atoms with E-state index in [9.17, 15) is 10.2 Å². The number of aliphatic hydroxyl groups excluding tert-OH is 2. The highest BCUT2D eigenvalue weighted by molar-refractivity contribution is 9.09. The lowest BCUT2D eigenvalue weighted by Crippen LogP contribution is -2.19. The van der Waals surface area contributed by atoms with Crippen molar-refractivity contribution in [2.45, 2.75) is 12.2 Å². The molecule has 1 aromatic heterocycles. The number of halogens is 1. The Kier molecular flexibility index (Phi) is 3.88. The van der Waals surface area contributed by atoms with Crippen LogP contribution in [0, 0.1) is 0 Å². The average molecular weight is 298 g/mol. The minimum atomic E-state index is -0.890. The van der Waals surface area contributed by atoms with Crippen LogP contribution in [0.3, 0.4) is 0 Å². The van der Waals surface area contributed by atoms with E-state index in [-0.39, 0.29) is 0 Å². The third-order valence-electron chi connectivity index (χ3n) is 2.44. The lowest BCUT2D eigenvalue weighted by atomic mass is 10.1. The van der Waals surface area contributed by atoms with Crippen LogP contribution in [0.2, 0.25) is 0 Å². The molecule has 1 aromatic carbocycles. The van der Waals surface area contributed by atoms with Crippen molar-refractivity contribution in [1.29, 1.82) is 0 Å². The van der Waals surface area contributed by atoms with Crippen molar-refractivity contribution in [2.75, 3.05) is 5.33 Å². The standard InChI is InChI=1S/C11H12BrN3O2/c12-5-10(16)11(17)8-1-3-9(4-2-8)15-7-13-6-14-15/h1-4,6-7,10-11,16-17H,5H2. The molecule has 0 aliphatic heterocycles. The van der Waals surface area contributed by atoms with Crippen molar-refractivity contribution < 1.29 is 10.2 Å². The van der Waals surface area contributed by atoms with Crippen LogP contribution in [0.15, 0.2) is 36.9 Å². The van der Waals surface area contributed by atoms with Crippen LogP contribution >= 0.6 is 15.9 Å². The van der Waals surface area contributed by atoms with Crippen molar-refractivity contribution in [2.24, 2.45) is 0 Å². The molecule has 1 heterocycles. The van der Waals surface area contributed by atoms with Gasteiger partial charge < -0.3 is 10.2 Å². The summed E-state index contributed by atoms with van der Waals surface area (Å²) in [5.41, 5.74) is 1.52. The summed E-state index contributed by atoms with van der Waals surface area (Å²) in [5, 5.41) is 23.6. The van der Waals surface area contributed by atoms with Gasteiger partial charge in [0.2, 0.25) is 0 Å². The van der Waals surface area contributed by atoms with Gasteiger partial charge in [-0.2, -0.15) is 5.10 Å². The van der Waals surface area contributed by atoms with Gasteiger partial charge in [0.05, 0.1) is 11.8 Å². The molecule has 0 saturated heterocycles. The Hall–Kier alpha value is -1.24. The molecule has 17 heavy (non-hydrogen) atoms. The van der Waals surface area contributed by atoms with Gasteiger partial charge >= 0.3 is 0 Å². The Labute approximate surface area is 107 Å². The molecule has 0 aliphatic carbocycles. The maximum atomic E-state index is 9.80. The molecule has 2 rings (SSSR count). The molecule has 6 heteroatoms. The SMILES string of the molecule is OC(CBr)C(O)c1ccc(-n2cncn2)cc1. The van der Waals surface area contributed by atoms with E-state index in [1.807, 2.05) is 12.1 Å². The monoisotopic (exact) mass is 297 g/mol. The highest BCUT2D eigenvalue weighted by Crippen LogP contribution is 2.19. The van der Waals surface area contributed by atoms with Gasteiger partial charge in [-0.15, -0.1) is 0 Å². The summed E-state index contributed by atoms with van der Waals surface area (Å²) < 4.78 is 1.62. The topological polar surface area (TPSA) is 71.2 Å². The average Bonchev–Trinajstić information content (AvgIpc) is 2.91. The number of rotatable bonds is 4. The molecule has 2 atom stereocenters. The van der Waals surface area contributed by atoms with Crippen LogP contribution in [0.1, 0.15) is 11.7 Å². The molecule has 0 radical (unpaired) electrons. The van der Waals surface area contributed by atoms with Crippen molar-refractivity contribution in [3.63, 3.8) is 0 Å². The Bertz CT molecular complexity index is 458. The first-order chi connectivity index (χ1) is 8.22. The van der Waals surface area contributed by atoms with Crippen molar-refractivity contribution in [3.05, 3.63) is 42.5 Å². The van der Waals surface area contributed by atoms with E-state index in [0.29, 0.717) is 10.9 Å². The molecule has 0 spiro atoms. The van der Waals surface area contributed by atoms with Crippen LogP contribution in [0.4, 0.5) is 0 Å². The van der Waals surface area contributed by atoms with Crippen LogP contribution < -0.4 is 0 Å². The smallest absolute Gasteiger partial charge is 0.138 e. The summed E-state index contributed by atoms with van der Waals surface area (Å²) >= 11 is 3.13. The van der Waals surface area contributed by atoms with Gasteiger partial charge in [0.25, 0.3) is 0 Å². The normalized spacial score (nSPS) is 14.5. The maximum Gasteiger partial charge on any atom is 0.138 e. The first-order valence-corrected chi connectivity index (χ1v) is 6.21. The minimum Gasteiger partial charge on any atom is -0.389 e. The van der Waals surface area contributed by atoms with Gasteiger partial charge in [-0.1, -0.05) is 28.1 Å². The Morgan fingerprint density at radius 2 is 1.94 bits per heavy atom. The van der Waals surface area contributed by atoms with E-state index < -0.39 is 12.2 Å². The molecular weight excluding hydrogens is 286 g/mol. The molecule has 0 bridgehead atoms. The summed E-state index contributed by atoms with van der Waals surface area (Å²) in [6, 6.07) is 7.14. The molecule has 2 aromatic rings. The Morgan fingerprint density at radius 3 is 2.47 bits per heavy atom. The second-order valence-electron chi connectivity index (χ2n) is 3.60. The van der Waals surface area contributed by atoms with Gasteiger partial charge in [0, 0.05) is 5.33 Å². The fraction of sp³-hybridized carbons (Fsp3) is 0.273. The predicted molar refractivity (Wildman–Crippen MR) is 66.1 cm³/mol. The quantitative estimate of drug-likeness (QED) is 0.828. The molecule has 2 unspecified atom stereocenters. The van der Waals surface area contributed by atoms with Crippen molar-refractivity contribution in [3.8, 4) is 5.69 Å². The molecule has 90 valence electrons. The van der Waals surface area contributed by atoms with Gasteiger partial charge in [-0.3, -0.25) is 0 Å². The summed E-state index contributed by atoms with van der Waals surface area (Å²) in [5.74, 6) is 0. The third kappa shape index (κ3) is 2.71. The second kappa shape index (κ2) is 5.39. The van der Waals surface area contributed by atoms with Gasteiger partial charge in [-0.05, 0) is 17.7 Å². The molecule has 0 aliphatic rings. The van der Waals surface area contributed by atoms with Crippen LogP contribution in [0.25, 0.3) is 5.69 Å². The summed E-state index contributed by atoms with van der Waals surface area (Å²) in [6.07, 6.45) is 1.35. The number of benzene rings is 1. The zero-order chi connectivity index (χ0) is 12.3. The fourth-order valence-corrected chi connectivity index (χ4v) is 1.83. The second-order valence-corrected chi connectivity index (χ2v) is 4.25. The number of alkyl halides is 1. The highest BCUT2D eigenvalue weighted by atomic mass is 79.9. The largest absolute Gasteiger partial charge is 0.389 e.